The van der Waals surface area contributed by atoms with Crippen LogP contribution in [0, 0.1) is 5.92 Å². The van der Waals surface area contributed by atoms with Gasteiger partial charge in [0.25, 0.3) is 0 Å². The van der Waals surface area contributed by atoms with Crippen LogP contribution in [0.3, 0.4) is 0 Å². The maximum absolute atomic E-state index is 13.9. The van der Waals surface area contributed by atoms with E-state index in [0.29, 0.717) is 5.56 Å². The largest absolute Gasteiger partial charge is 0.477 e. The van der Waals surface area contributed by atoms with Crippen LogP contribution >= 0.6 is 6.89 Å². The lowest BCUT2D eigenvalue weighted by Gasteiger charge is -2.50. The zero-order chi connectivity index (χ0) is 29.9. The van der Waals surface area contributed by atoms with Crippen LogP contribution in [0.15, 0.2) is 115 Å². The molecule has 8 heteroatoms. The van der Waals surface area contributed by atoms with Crippen molar-refractivity contribution in [1.82, 2.24) is 4.90 Å². The van der Waals surface area contributed by atoms with Gasteiger partial charge < -0.3 is 20.8 Å². The lowest BCUT2D eigenvalue weighted by atomic mass is 9.79. The van der Waals surface area contributed by atoms with E-state index < -0.39 is 36.8 Å². The van der Waals surface area contributed by atoms with Crippen molar-refractivity contribution in [3.05, 3.63) is 126 Å². The maximum Gasteiger partial charge on any atom is 0.353 e. The summed E-state index contributed by atoms with van der Waals surface area (Å²) in [6, 6.07) is 34.2. The summed E-state index contributed by atoms with van der Waals surface area (Å²) in [6.07, 6.45) is -1.22. The minimum atomic E-state index is -3.19. The van der Waals surface area contributed by atoms with Gasteiger partial charge in [0.1, 0.15) is 5.42 Å². The summed E-state index contributed by atoms with van der Waals surface area (Å²) in [5.41, 5.74) is 6.91. The number of carbonyl (C=O) groups is 3. The maximum atomic E-state index is 13.9. The van der Waals surface area contributed by atoms with Gasteiger partial charge in [-0.2, -0.15) is 0 Å². The molecule has 1 aliphatic heterocycles. The van der Waals surface area contributed by atoms with E-state index in [-0.39, 0.29) is 24.2 Å². The predicted molar refractivity (Wildman–Crippen MR) is 167 cm³/mol. The number of Topliss-reactive ketones (excluding diaryl/α,β-unsaturated/α-hetero) is 1. The highest BCUT2D eigenvalue weighted by atomic mass is 31.2. The van der Waals surface area contributed by atoms with Gasteiger partial charge in [0.05, 0.1) is 18.1 Å². The fraction of sp³-hybridized carbons (Fsp3) is 0.176. The van der Waals surface area contributed by atoms with Crippen molar-refractivity contribution in [2.24, 2.45) is 11.7 Å². The predicted octanol–water partition coefficient (Wildman–Crippen LogP) is 3.13. The first-order valence-electron chi connectivity index (χ1n) is 13.8. The van der Waals surface area contributed by atoms with Crippen LogP contribution in [-0.4, -0.2) is 50.3 Å². The first-order chi connectivity index (χ1) is 20.3. The van der Waals surface area contributed by atoms with Crippen molar-refractivity contribution < 1.29 is 24.6 Å². The Labute approximate surface area is 245 Å². The number of ketones is 1. The zero-order valence-corrected chi connectivity index (χ0v) is 24.1. The molecular formula is C34H33N2O5P. The third-order valence-electron chi connectivity index (χ3n) is 7.84. The van der Waals surface area contributed by atoms with Crippen molar-refractivity contribution >= 4 is 45.9 Å². The van der Waals surface area contributed by atoms with Crippen molar-refractivity contribution in [2.45, 2.75) is 32.0 Å². The van der Waals surface area contributed by atoms with E-state index in [2.05, 4.69) is 0 Å². The van der Waals surface area contributed by atoms with Gasteiger partial charge in [-0.05, 0) is 34.5 Å². The van der Waals surface area contributed by atoms with Crippen molar-refractivity contribution in [2.75, 3.05) is 0 Å². The molecule has 4 aromatic rings. The van der Waals surface area contributed by atoms with Gasteiger partial charge in [0, 0.05) is 25.4 Å². The van der Waals surface area contributed by atoms with Gasteiger partial charge in [-0.3, -0.25) is 9.59 Å². The Bertz CT molecular complexity index is 1550. The molecule has 0 aromatic heterocycles. The molecule has 5 rings (SSSR count). The lowest BCUT2D eigenvalue weighted by molar-refractivity contribution is -0.156. The van der Waals surface area contributed by atoms with Gasteiger partial charge in [-0.15, -0.1) is 0 Å². The molecule has 1 heterocycles. The Morgan fingerprint density at radius 2 is 1.33 bits per heavy atom. The molecule has 1 saturated heterocycles. The van der Waals surface area contributed by atoms with Crippen molar-refractivity contribution in [1.29, 1.82) is 0 Å². The summed E-state index contributed by atoms with van der Waals surface area (Å²) in [4.78, 5) is 42.3. The average Bonchev–Trinajstić information content (AvgIpc) is 3.02. The Balaban J connectivity index is 1.80. The second-order valence-electron chi connectivity index (χ2n) is 10.4. The minimum Gasteiger partial charge on any atom is -0.477 e. The summed E-state index contributed by atoms with van der Waals surface area (Å²) in [5, 5.41) is 24.0. The highest BCUT2D eigenvalue weighted by Gasteiger charge is 2.55. The molecule has 0 unspecified atom stereocenters. The molecule has 1 fully saturated rings. The third kappa shape index (κ3) is 5.12. The summed E-state index contributed by atoms with van der Waals surface area (Å²) in [7, 11) is 0. The van der Waals surface area contributed by atoms with E-state index >= 15 is 0 Å². The number of aliphatic carboxylic acids is 1. The number of nitrogens with zero attached hydrogens (tertiary/aromatic N) is 1. The van der Waals surface area contributed by atoms with Crippen molar-refractivity contribution in [3.63, 3.8) is 0 Å². The number of amides is 1. The highest BCUT2D eigenvalue weighted by molar-refractivity contribution is 7.96. The summed E-state index contributed by atoms with van der Waals surface area (Å²) < 4.78 is 0. The smallest absolute Gasteiger partial charge is 0.353 e. The number of aliphatic hydroxyl groups excluding tert-OH is 1. The molecule has 1 amide bonds. The highest BCUT2D eigenvalue weighted by Crippen LogP contribution is 2.49. The fourth-order valence-electron chi connectivity index (χ4n) is 5.93. The number of carboxylic acid groups (broad SMARTS) is 1. The number of hydrogen-bond acceptors (Lipinski definition) is 5. The van der Waals surface area contributed by atoms with Crippen LogP contribution in [0.4, 0.5) is 0 Å². The minimum absolute atomic E-state index is 0.0819. The lowest BCUT2D eigenvalue weighted by Crippen LogP contribution is -2.68. The Morgan fingerprint density at radius 3 is 1.76 bits per heavy atom. The summed E-state index contributed by atoms with van der Waals surface area (Å²) in [5.74, 6) is -2.94. The molecule has 0 bridgehead atoms. The van der Waals surface area contributed by atoms with E-state index in [0.717, 1.165) is 21.5 Å². The van der Waals surface area contributed by atoms with Crippen LogP contribution in [0.5, 0.6) is 0 Å². The quantitative estimate of drug-likeness (QED) is 0.151. The van der Waals surface area contributed by atoms with Crippen molar-refractivity contribution in [3.8, 4) is 0 Å². The normalized spacial score (nSPS) is 17.3. The number of carbonyl (C=O) groups excluding carboxylic acids is 2. The van der Waals surface area contributed by atoms with Gasteiger partial charge in [0.15, 0.2) is 5.78 Å². The van der Waals surface area contributed by atoms with Crippen LogP contribution in [0.2, 0.25) is 0 Å². The molecule has 1 aliphatic rings. The molecule has 0 saturated carbocycles. The van der Waals surface area contributed by atoms with Gasteiger partial charge in [-0.1, -0.05) is 109 Å². The second-order valence-corrected chi connectivity index (χ2v) is 13.7. The monoisotopic (exact) mass is 580 g/mol. The van der Waals surface area contributed by atoms with Crippen LogP contribution in [-0.2, 0) is 16.1 Å². The van der Waals surface area contributed by atoms with E-state index in [1.54, 1.807) is 18.2 Å². The zero-order valence-electron chi connectivity index (χ0n) is 23.2. The van der Waals surface area contributed by atoms with Gasteiger partial charge in [-0.25, -0.2) is 4.79 Å². The Hall–Kier alpha value is -4.29. The molecule has 0 aliphatic carbocycles. The van der Waals surface area contributed by atoms with E-state index in [1.165, 1.54) is 11.8 Å². The number of β-lactam (4-membered cyclic amide) rings is 1. The number of benzene rings is 4. The number of hydrogen-bond donors (Lipinski definition) is 3. The summed E-state index contributed by atoms with van der Waals surface area (Å²) in [6.45, 7) is -1.42. The molecule has 3 atom stereocenters. The van der Waals surface area contributed by atoms with Gasteiger partial charge in [0.2, 0.25) is 5.91 Å². The Morgan fingerprint density at radius 1 is 0.833 bits per heavy atom. The van der Waals surface area contributed by atoms with Crippen LogP contribution in [0.1, 0.15) is 29.3 Å². The first kappa shape index (κ1) is 29.2. The molecule has 4 N–H and O–H groups in total. The molecule has 0 radical (unpaired) electrons. The van der Waals surface area contributed by atoms with Gasteiger partial charge >= 0.3 is 5.97 Å². The molecular weight excluding hydrogens is 547 g/mol. The first-order valence-corrected chi connectivity index (χ1v) is 15.6. The van der Waals surface area contributed by atoms with Crippen LogP contribution < -0.4 is 21.6 Å². The number of aliphatic hydroxyl groups is 1. The SMILES string of the molecule is C[C@@H](O)[C@H]1C(=O)N(C(C(=O)O)=P(c2ccccc2)(c2ccccc2)c2ccccc2)[C@@H]1CC(=O)c1cccc(CN)c1. The third-order valence-corrected chi connectivity index (χ3v) is 12.1. The fourth-order valence-corrected chi connectivity index (χ4v) is 10.3. The molecule has 42 heavy (non-hydrogen) atoms. The van der Waals surface area contributed by atoms with E-state index in [1.807, 2.05) is 97.1 Å². The molecule has 7 nitrogen and oxygen atoms in total. The van der Waals surface area contributed by atoms with E-state index in [4.69, 9.17) is 5.73 Å². The molecule has 214 valence electrons. The number of rotatable bonds is 10. The number of likely N-dealkylation sites (tertiary alicyclic amines) is 1. The second kappa shape index (κ2) is 12.3. The number of carboxylic acids is 1. The Kier molecular flexibility index (Phi) is 8.55. The number of nitrogens with two attached hydrogens (primary N) is 1. The topological polar surface area (TPSA) is 121 Å². The van der Waals surface area contributed by atoms with Crippen LogP contribution in [0.25, 0.3) is 0 Å². The summed E-state index contributed by atoms with van der Waals surface area (Å²) >= 11 is 0. The molecule has 4 aromatic carbocycles. The average molecular weight is 581 g/mol. The standard InChI is InChI=1S/C34H33N2O5P/c1-23(37)31-29(21-30(38)25-13-11-12-24(20-25)22-35)36(32(31)39)33(34(40)41)42(26-14-5-2-6-15-26,27-16-7-3-8-17-27)28-18-9-4-10-19-28/h2-20,23,29,31,37H,21-22,35H2,1H3,(H,40,41)/t23-,29-,31-/m1/s1. The molecule has 0 spiro atoms. The van der Waals surface area contributed by atoms with E-state index in [9.17, 15) is 24.6 Å².